The van der Waals surface area contributed by atoms with Crippen molar-refractivity contribution in [3.8, 4) is 0 Å². The number of halogens is 2. The molecule has 0 spiro atoms. The van der Waals surface area contributed by atoms with Crippen LogP contribution in [0.5, 0.6) is 0 Å². The van der Waals surface area contributed by atoms with Crippen LogP contribution in [-0.2, 0) is 22.4 Å². The van der Waals surface area contributed by atoms with Gasteiger partial charge in [-0.25, -0.2) is 8.78 Å². The van der Waals surface area contributed by atoms with Gasteiger partial charge >= 0.3 is 0 Å². The van der Waals surface area contributed by atoms with Gasteiger partial charge < -0.3 is 0 Å². The maximum atomic E-state index is 13.1. The van der Waals surface area contributed by atoms with Gasteiger partial charge in [0.25, 0.3) is 0 Å². The van der Waals surface area contributed by atoms with E-state index in [1.807, 2.05) is 0 Å². The van der Waals surface area contributed by atoms with Crippen LogP contribution in [0.25, 0.3) is 0 Å². The molecule has 2 aliphatic heterocycles. The number of nitrogens with zero attached hydrogens (tertiary/aromatic N) is 2. The first-order chi connectivity index (χ1) is 15.3. The van der Waals surface area contributed by atoms with Crippen LogP contribution in [0.2, 0.25) is 0 Å². The predicted octanol–water partition coefficient (Wildman–Crippen LogP) is 4.21. The third-order valence-corrected chi connectivity index (χ3v) is 8.75. The molecule has 0 saturated carbocycles. The molecule has 2 aromatic carbocycles. The van der Waals surface area contributed by atoms with Gasteiger partial charge in [-0.05, 0) is 48.2 Å². The Kier molecular flexibility index (Phi) is 7.24. The van der Waals surface area contributed by atoms with E-state index in [-0.39, 0.29) is 23.4 Å². The molecular formula is C22H18F2N2O2S4. The Hall–Kier alpha value is -1.88. The highest BCUT2D eigenvalue weighted by Gasteiger charge is 2.50. The van der Waals surface area contributed by atoms with Gasteiger partial charge in [0.05, 0.1) is 0 Å². The second-order valence-electron chi connectivity index (χ2n) is 7.34. The summed E-state index contributed by atoms with van der Waals surface area (Å²) in [5, 5.41) is -1.25. The number of hydrogen-bond donors (Lipinski definition) is 0. The number of thioether (sulfide) groups is 2. The molecule has 0 radical (unpaired) electrons. The first kappa shape index (κ1) is 23.3. The molecule has 2 aromatic rings. The van der Waals surface area contributed by atoms with Crippen LogP contribution >= 0.6 is 48.0 Å². The first-order valence-corrected chi connectivity index (χ1v) is 12.4. The van der Waals surface area contributed by atoms with E-state index >= 15 is 0 Å². The number of amides is 2. The Balaban J connectivity index is 1.37. The number of benzene rings is 2. The Labute approximate surface area is 203 Å². The van der Waals surface area contributed by atoms with Crippen molar-refractivity contribution in [2.75, 3.05) is 13.1 Å². The average Bonchev–Trinajstić information content (AvgIpc) is 3.21. The number of carbonyl (C=O) groups excluding carboxylic acids is 2. The van der Waals surface area contributed by atoms with Crippen molar-refractivity contribution in [2.24, 2.45) is 0 Å². The van der Waals surface area contributed by atoms with Crippen molar-refractivity contribution in [2.45, 2.75) is 23.3 Å². The highest BCUT2D eigenvalue weighted by atomic mass is 32.2. The van der Waals surface area contributed by atoms with Crippen molar-refractivity contribution in [3.05, 3.63) is 71.3 Å². The molecule has 0 aromatic heterocycles. The molecule has 2 saturated heterocycles. The molecule has 2 fully saturated rings. The topological polar surface area (TPSA) is 40.6 Å². The Morgan fingerprint density at radius 2 is 1.03 bits per heavy atom. The zero-order chi connectivity index (χ0) is 22.8. The molecule has 10 heteroatoms. The van der Waals surface area contributed by atoms with E-state index in [2.05, 4.69) is 0 Å². The summed E-state index contributed by atoms with van der Waals surface area (Å²) < 4.78 is 27.1. The Bertz CT molecular complexity index is 977. The predicted molar refractivity (Wildman–Crippen MR) is 132 cm³/mol. The third kappa shape index (κ3) is 5.03. The summed E-state index contributed by atoms with van der Waals surface area (Å²) in [6.45, 7) is 0.744. The summed E-state index contributed by atoms with van der Waals surface area (Å²) in [5.74, 6) is -1.02. The monoisotopic (exact) mass is 508 g/mol. The van der Waals surface area contributed by atoms with Crippen LogP contribution in [0.15, 0.2) is 48.5 Å². The van der Waals surface area contributed by atoms with Crippen LogP contribution in [0.4, 0.5) is 8.78 Å². The smallest absolute Gasteiger partial charge is 0.243 e. The lowest BCUT2D eigenvalue weighted by Gasteiger charge is -2.18. The molecule has 2 unspecified atom stereocenters. The third-order valence-electron chi connectivity index (χ3n) is 5.26. The summed E-state index contributed by atoms with van der Waals surface area (Å²) in [4.78, 5) is 29.1. The zero-order valence-corrected chi connectivity index (χ0v) is 20.0. The Morgan fingerprint density at radius 1 is 0.688 bits per heavy atom. The van der Waals surface area contributed by atoms with Gasteiger partial charge in [-0.1, -0.05) is 72.2 Å². The molecule has 0 N–H and O–H groups in total. The fourth-order valence-corrected chi connectivity index (χ4v) is 6.81. The minimum atomic E-state index is -0.623. The van der Waals surface area contributed by atoms with Gasteiger partial charge in [0.2, 0.25) is 11.8 Å². The van der Waals surface area contributed by atoms with E-state index in [0.717, 1.165) is 11.1 Å². The van der Waals surface area contributed by atoms with Gasteiger partial charge in [0, 0.05) is 13.1 Å². The lowest BCUT2D eigenvalue weighted by atomic mass is 10.1. The van der Waals surface area contributed by atoms with Crippen molar-refractivity contribution in [3.63, 3.8) is 0 Å². The van der Waals surface area contributed by atoms with Crippen molar-refractivity contribution < 1.29 is 18.4 Å². The quantitative estimate of drug-likeness (QED) is 0.522. The normalized spacial score (nSPS) is 21.2. The van der Waals surface area contributed by atoms with Crippen molar-refractivity contribution in [1.82, 2.24) is 9.80 Å². The summed E-state index contributed by atoms with van der Waals surface area (Å²) >= 11 is 13.2. The maximum Gasteiger partial charge on any atom is 0.243 e. The van der Waals surface area contributed by atoms with Crippen LogP contribution in [0, 0.1) is 11.6 Å². The standard InChI is InChI=1S/C22H18F2N2O2S4/c23-15-5-1-13(2-6-15)9-11-25-19(27)17(31-21(25)29)18-20(28)26(22(30)32-18)12-10-14-3-7-16(24)8-4-14/h1-8,17-18H,9-12H2. The highest BCUT2D eigenvalue weighted by molar-refractivity contribution is 8.27. The SMILES string of the molecule is O=C1C(C2SC(=S)N(CCc3ccc(F)cc3)C2=O)SC(=S)N1CCc1ccc(F)cc1. The van der Waals surface area contributed by atoms with E-state index in [1.165, 1.54) is 57.6 Å². The van der Waals surface area contributed by atoms with Crippen LogP contribution in [0.1, 0.15) is 11.1 Å². The average molecular weight is 509 g/mol. The first-order valence-electron chi connectivity index (χ1n) is 9.86. The van der Waals surface area contributed by atoms with Gasteiger partial charge in [-0.2, -0.15) is 0 Å². The maximum absolute atomic E-state index is 13.1. The van der Waals surface area contributed by atoms with Crippen LogP contribution in [0.3, 0.4) is 0 Å². The summed E-state index contributed by atoms with van der Waals surface area (Å²) in [7, 11) is 0. The van der Waals surface area contributed by atoms with Gasteiger partial charge in [0.1, 0.15) is 30.8 Å². The summed E-state index contributed by atoms with van der Waals surface area (Å²) in [6, 6.07) is 12.2. The fraction of sp³-hybridized carbons (Fsp3) is 0.273. The molecule has 2 heterocycles. The molecule has 0 bridgehead atoms. The molecule has 2 amide bonds. The molecule has 166 valence electrons. The Morgan fingerprint density at radius 3 is 1.38 bits per heavy atom. The molecule has 2 aliphatic rings. The minimum absolute atomic E-state index is 0.198. The van der Waals surface area contributed by atoms with Crippen LogP contribution < -0.4 is 0 Å². The van der Waals surface area contributed by atoms with Crippen molar-refractivity contribution >= 4 is 68.4 Å². The van der Waals surface area contributed by atoms with Crippen LogP contribution in [-0.4, -0.2) is 53.8 Å². The van der Waals surface area contributed by atoms with E-state index in [9.17, 15) is 18.4 Å². The minimum Gasteiger partial charge on any atom is -0.296 e. The van der Waals surface area contributed by atoms with Gasteiger partial charge in [0.15, 0.2) is 0 Å². The van der Waals surface area contributed by atoms with Gasteiger partial charge in [-0.3, -0.25) is 19.4 Å². The summed E-state index contributed by atoms with van der Waals surface area (Å²) in [5.41, 5.74) is 1.80. The molecule has 4 nitrogen and oxygen atoms in total. The van der Waals surface area contributed by atoms with Crippen molar-refractivity contribution in [1.29, 1.82) is 0 Å². The lowest BCUT2D eigenvalue weighted by molar-refractivity contribution is -0.131. The van der Waals surface area contributed by atoms with Gasteiger partial charge in [-0.15, -0.1) is 0 Å². The number of rotatable bonds is 7. The molecule has 0 aliphatic carbocycles. The van der Waals surface area contributed by atoms with E-state index < -0.39 is 10.5 Å². The largest absolute Gasteiger partial charge is 0.296 e. The zero-order valence-electron chi connectivity index (χ0n) is 16.7. The highest BCUT2D eigenvalue weighted by Crippen LogP contribution is 2.40. The second kappa shape index (κ2) is 9.94. The summed E-state index contributed by atoms with van der Waals surface area (Å²) in [6.07, 6.45) is 1.07. The molecule has 4 rings (SSSR count). The second-order valence-corrected chi connectivity index (χ2v) is 10.9. The molecule has 2 atom stereocenters. The van der Waals surface area contributed by atoms with E-state index in [1.54, 1.807) is 24.3 Å². The van der Waals surface area contributed by atoms with E-state index in [0.29, 0.717) is 34.6 Å². The number of thiocarbonyl (C=S) groups is 2. The lowest BCUT2D eigenvalue weighted by Crippen LogP contribution is -2.41. The van der Waals surface area contributed by atoms with E-state index in [4.69, 9.17) is 24.4 Å². The number of carbonyl (C=O) groups is 2. The molecule has 32 heavy (non-hydrogen) atoms. The fourth-order valence-electron chi connectivity index (χ4n) is 3.50. The molecular weight excluding hydrogens is 491 g/mol. The number of hydrogen-bond acceptors (Lipinski definition) is 6.